The second-order valence-electron chi connectivity index (χ2n) is 5.87. The van der Waals surface area contributed by atoms with E-state index in [1.165, 1.54) is 0 Å². The largest absolute Gasteiger partial charge is 0.444 e. The number of oxazole rings is 1. The summed E-state index contributed by atoms with van der Waals surface area (Å²) < 4.78 is 5.55. The Balaban J connectivity index is 1.55. The summed E-state index contributed by atoms with van der Waals surface area (Å²) in [4.78, 5) is 13.2. The fourth-order valence-electron chi connectivity index (χ4n) is 2.47. The molecule has 1 aromatic carbocycles. The van der Waals surface area contributed by atoms with Gasteiger partial charge in [-0.3, -0.25) is 0 Å². The van der Waals surface area contributed by atoms with Crippen LogP contribution in [0, 0.1) is 0 Å². The number of guanidine groups is 1. The maximum atomic E-state index is 5.81. The normalized spacial score (nSPS) is 11.4. The lowest BCUT2D eigenvalue weighted by molar-refractivity contribution is 0.572. The number of hydrogen-bond donors (Lipinski definition) is 2. The minimum absolute atomic E-state index is 0.439. The third-order valence-electron chi connectivity index (χ3n) is 3.81. The Morgan fingerprint density at radius 2 is 2.00 bits per heavy atom. The average Bonchev–Trinajstić information content (AvgIpc) is 3.17. The number of nitrogens with zero attached hydrogens (tertiary/aromatic N) is 3. The van der Waals surface area contributed by atoms with Crippen molar-refractivity contribution in [1.82, 2.24) is 20.6 Å². The SMILES string of the molecule is CCNC(=NCc1coc(-c2ccccc2)n1)NCCc1ccc(Cl)nc1. The molecule has 0 bridgehead atoms. The number of pyridine rings is 1. The van der Waals surface area contributed by atoms with Gasteiger partial charge < -0.3 is 15.1 Å². The van der Waals surface area contributed by atoms with Crippen molar-refractivity contribution in [2.45, 2.75) is 19.9 Å². The monoisotopic (exact) mass is 383 g/mol. The zero-order valence-corrected chi connectivity index (χ0v) is 15.9. The second-order valence-corrected chi connectivity index (χ2v) is 6.26. The number of rotatable bonds is 7. The Kier molecular flexibility index (Phi) is 6.82. The van der Waals surface area contributed by atoms with E-state index in [1.807, 2.05) is 43.3 Å². The van der Waals surface area contributed by atoms with Gasteiger partial charge in [-0.2, -0.15) is 0 Å². The van der Waals surface area contributed by atoms with Crippen molar-refractivity contribution >= 4 is 17.6 Å². The van der Waals surface area contributed by atoms with Crippen LogP contribution < -0.4 is 10.6 Å². The smallest absolute Gasteiger partial charge is 0.226 e. The molecule has 6 nitrogen and oxygen atoms in total. The molecule has 2 heterocycles. The van der Waals surface area contributed by atoms with Crippen molar-refractivity contribution < 1.29 is 4.42 Å². The van der Waals surface area contributed by atoms with Crippen LogP contribution in [0.15, 0.2) is 64.3 Å². The van der Waals surface area contributed by atoms with Crippen molar-refractivity contribution in [3.63, 3.8) is 0 Å². The highest BCUT2D eigenvalue weighted by Gasteiger charge is 2.06. The molecule has 0 aliphatic rings. The van der Waals surface area contributed by atoms with Crippen LogP contribution in [0.1, 0.15) is 18.2 Å². The number of benzene rings is 1. The molecule has 0 radical (unpaired) electrons. The van der Waals surface area contributed by atoms with Crippen molar-refractivity contribution in [1.29, 1.82) is 0 Å². The standard InChI is InChI=1S/C20H22ClN5O/c1-2-22-20(23-11-10-15-8-9-18(21)24-12-15)25-13-17-14-27-19(26-17)16-6-4-3-5-7-16/h3-9,12,14H,2,10-11,13H2,1H3,(H2,22,23,25). The lowest BCUT2D eigenvalue weighted by Gasteiger charge is -2.10. The van der Waals surface area contributed by atoms with Gasteiger partial charge in [0.05, 0.1) is 6.54 Å². The first kappa shape index (κ1) is 18.9. The van der Waals surface area contributed by atoms with Crippen LogP contribution in [-0.4, -0.2) is 29.0 Å². The molecule has 0 atom stereocenters. The van der Waals surface area contributed by atoms with Crippen molar-refractivity contribution in [2.24, 2.45) is 4.99 Å². The third kappa shape index (κ3) is 5.82. The summed E-state index contributed by atoms with van der Waals surface area (Å²) in [5, 5.41) is 7.05. The van der Waals surface area contributed by atoms with Gasteiger partial charge in [0.1, 0.15) is 17.1 Å². The van der Waals surface area contributed by atoms with E-state index in [9.17, 15) is 0 Å². The molecule has 0 aliphatic heterocycles. The number of hydrogen-bond acceptors (Lipinski definition) is 4. The lowest BCUT2D eigenvalue weighted by Crippen LogP contribution is -2.38. The van der Waals surface area contributed by atoms with Crippen molar-refractivity contribution in [2.75, 3.05) is 13.1 Å². The van der Waals surface area contributed by atoms with E-state index < -0.39 is 0 Å². The maximum Gasteiger partial charge on any atom is 0.226 e. The average molecular weight is 384 g/mol. The van der Waals surface area contributed by atoms with Gasteiger partial charge >= 0.3 is 0 Å². The Bertz CT molecular complexity index is 862. The van der Waals surface area contributed by atoms with Crippen LogP contribution in [0.5, 0.6) is 0 Å². The Morgan fingerprint density at radius 1 is 1.15 bits per heavy atom. The number of nitrogens with one attached hydrogen (secondary N) is 2. The summed E-state index contributed by atoms with van der Waals surface area (Å²) >= 11 is 5.81. The highest BCUT2D eigenvalue weighted by Crippen LogP contribution is 2.18. The molecular weight excluding hydrogens is 362 g/mol. The fraction of sp³-hybridized carbons (Fsp3) is 0.250. The van der Waals surface area contributed by atoms with E-state index in [1.54, 1.807) is 18.5 Å². The Hall–Kier alpha value is -2.86. The molecule has 0 spiro atoms. The minimum Gasteiger partial charge on any atom is -0.444 e. The molecule has 2 N–H and O–H groups in total. The van der Waals surface area contributed by atoms with Gasteiger partial charge in [0.2, 0.25) is 5.89 Å². The molecule has 2 aromatic heterocycles. The molecule has 0 aliphatic carbocycles. The quantitative estimate of drug-likeness (QED) is 0.369. The summed E-state index contributed by atoms with van der Waals surface area (Å²) in [5.41, 5.74) is 2.86. The van der Waals surface area contributed by atoms with Gasteiger partial charge in [0, 0.05) is 24.8 Å². The van der Waals surface area contributed by atoms with Crippen molar-refractivity contribution in [3.05, 3.63) is 71.3 Å². The van der Waals surface area contributed by atoms with E-state index in [-0.39, 0.29) is 0 Å². The summed E-state index contributed by atoms with van der Waals surface area (Å²) in [7, 11) is 0. The molecule has 0 saturated heterocycles. The van der Waals surface area contributed by atoms with Gasteiger partial charge in [-0.15, -0.1) is 0 Å². The topological polar surface area (TPSA) is 75.3 Å². The molecule has 140 valence electrons. The van der Waals surface area contributed by atoms with Crippen LogP contribution in [0.2, 0.25) is 5.15 Å². The van der Waals surface area contributed by atoms with Crippen molar-refractivity contribution in [3.8, 4) is 11.5 Å². The summed E-state index contributed by atoms with van der Waals surface area (Å²) in [6, 6.07) is 13.6. The van der Waals surface area contributed by atoms with Gasteiger partial charge in [0.25, 0.3) is 0 Å². The number of aromatic nitrogens is 2. The van der Waals surface area contributed by atoms with E-state index in [0.29, 0.717) is 17.6 Å². The Morgan fingerprint density at radius 3 is 2.74 bits per heavy atom. The molecule has 0 unspecified atom stereocenters. The molecule has 3 aromatic rings. The maximum absolute atomic E-state index is 5.81. The van der Waals surface area contributed by atoms with E-state index in [4.69, 9.17) is 16.0 Å². The zero-order chi connectivity index (χ0) is 18.9. The molecular formula is C20H22ClN5O. The van der Waals surface area contributed by atoms with Crippen LogP contribution in [0.3, 0.4) is 0 Å². The zero-order valence-electron chi connectivity index (χ0n) is 15.2. The molecule has 0 saturated carbocycles. The highest BCUT2D eigenvalue weighted by atomic mass is 35.5. The molecule has 7 heteroatoms. The van der Waals surface area contributed by atoms with E-state index in [2.05, 4.69) is 25.6 Å². The number of halogens is 1. The van der Waals surface area contributed by atoms with Gasteiger partial charge in [-0.1, -0.05) is 35.9 Å². The summed E-state index contributed by atoms with van der Waals surface area (Å²) in [5.74, 6) is 1.35. The third-order valence-corrected chi connectivity index (χ3v) is 4.03. The molecule has 0 amide bonds. The molecule has 3 rings (SSSR count). The summed E-state index contributed by atoms with van der Waals surface area (Å²) in [6.45, 7) is 3.99. The Labute approximate surface area is 163 Å². The second kappa shape index (κ2) is 9.73. The first-order valence-electron chi connectivity index (χ1n) is 8.87. The highest BCUT2D eigenvalue weighted by molar-refractivity contribution is 6.29. The van der Waals surface area contributed by atoms with Gasteiger partial charge in [0.15, 0.2) is 5.96 Å². The van der Waals surface area contributed by atoms with Gasteiger partial charge in [-0.25, -0.2) is 15.0 Å². The van der Waals surface area contributed by atoms with Crippen LogP contribution in [-0.2, 0) is 13.0 Å². The minimum atomic E-state index is 0.439. The lowest BCUT2D eigenvalue weighted by atomic mass is 10.2. The van der Waals surface area contributed by atoms with Crippen LogP contribution in [0.4, 0.5) is 0 Å². The molecule has 27 heavy (non-hydrogen) atoms. The van der Waals surface area contributed by atoms with Crippen LogP contribution >= 0.6 is 11.6 Å². The predicted molar refractivity (Wildman–Crippen MR) is 108 cm³/mol. The molecule has 0 fully saturated rings. The predicted octanol–water partition coefficient (Wildman–Crippen LogP) is 3.69. The van der Waals surface area contributed by atoms with E-state index in [0.717, 1.165) is 42.3 Å². The first-order chi connectivity index (χ1) is 13.2. The van der Waals surface area contributed by atoms with E-state index >= 15 is 0 Å². The van der Waals surface area contributed by atoms with Crippen LogP contribution in [0.25, 0.3) is 11.5 Å². The van der Waals surface area contributed by atoms with Gasteiger partial charge in [-0.05, 0) is 37.1 Å². The summed E-state index contributed by atoms with van der Waals surface area (Å²) in [6.07, 6.45) is 4.26. The number of aliphatic imine (C=N–C) groups is 1. The first-order valence-corrected chi connectivity index (χ1v) is 9.25. The fourth-order valence-corrected chi connectivity index (χ4v) is 2.59.